The van der Waals surface area contributed by atoms with Crippen LogP contribution in [0.25, 0.3) is 11.0 Å². The largest absolute Gasteiger partial charge is 0.334 e. The maximum atomic E-state index is 12.9. The summed E-state index contributed by atoms with van der Waals surface area (Å²) in [5.74, 6) is -0.0613. The van der Waals surface area contributed by atoms with Gasteiger partial charge in [0.15, 0.2) is 0 Å². The molecule has 1 aliphatic rings. The van der Waals surface area contributed by atoms with E-state index in [0.717, 1.165) is 6.42 Å². The molecule has 0 atom stereocenters. The second-order valence-electron chi connectivity index (χ2n) is 6.08. The highest BCUT2D eigenvalue weighted by Gasteiger charge is 2.23. The SMILES string of the molecule is CCn1c(=O)c(=O)[nH]c2cc(C(=O)N3CCc4sccc4C3)ccc21. The van der Waals surface area contributed by atoms with Gasteiger partial charge in [0.2, 0.25) is 0 Å². The number of rotatable bonds is 2. The van der Waals surface area contributed by atoms with Gasteiger partial charge in [-0.3, -0.25) is 14.4 Å². The zero-order valence-corrected chi connectivity index (χ0v) is 14.6. The number of H-pyrrole nitrogens is 1. The number of aromatic nitrogens is 2. The van der Waals surface area contributed by atoms with Crippen LogP contribution < -0.4 is 11.1 Å². The lowest BCUT2D eigenvalue weighted by Gasteiger charge is -2.27. The van der Waals surface area contributed by atoms with E-state index in [1.807, 2.05) is 11.8 Å². The molecule has 4 rings (SSSR count). The topological polar surface area (TPSA) is 75.2 Å². The Morgan fingerprint density at radius 2 is 2.12 bits per heavy atom. The predicted molar refractivity (Wildman–Crippen MR) is 97.3 cm³/mol. The third-order valence-electron chi connectivity index (χ3n) is 4.63. The van der Waals surface area contributed by atoms with Gasteiger partial charge >= 0.3 is 11.1 Å². The van der Waals surface area contributed by atoms with Crippen molar-refractivity contribution in [1.82, 2.24) is 14.5 Å². The van der Waals surface area contributed by atoms with Crippen LogP contribution in [0.3, 0.4) is 0 Å². The monoisotopic (exact) mass is 355 g/mol. The first-order valence-corrected chi connectivity index (χ1v) is 9.08. The van der Waals surface area contributed by atoms with Gasteiger partial charge in [-0.05, 0) is 48.6 Å². The van der Waals surface area contributed by atoms with Gasteiger partial charge in [-0.15, -0.1) is 11.3 Å². The molecule has 0 saturated heterocycles. The predicted octanol–water partition coefficient (Wildman–Crippen LogP) is 1.97. The highest BCUT2D eigenvalue weighted by Crippen LogP contribution is 2.25. The Bertz CT molecular complexity index is 1090. The number of fused-ring (bicyclic) bond motifs is 2. The molecule has 0 saturated carbocycles. The highest BCUT2D eigenvalue weighted by atomic mass is 32.1. The number of benzene rings is 1. The number of amides is 1. The van der Waals surface area contributed by atoms with E-state index in [0.29, 0.717) is 36.2 Å². The molecular formula is C18H17N3O3S. The number of hydrogen-bond acceptors (Lipinski definition) is 4. The number of thiophene rings is 1. The van der Waals surface area contributed by atoms with Crippen LogP contribution in [-0.2, 0) is 19.5 Å². The van der Waals surface area contributed by atoms with Crippen LogP contribution in [0.4, 0.5) is 0 Å². The zero-order valence-electron chi connectivity index (χ0n) is 13.7. The standard InChI is InChI=1S/C18H17N3O3S/c1-2-21-14-4-3-11(9-13(14)19-16(22)18(21)24)17(23)20-7-5-15-12(10-20)6-8-25-15/h3-4,6,8-9H,2,5,7,10H2,1H3,(H,19,22). The summed E-state index contributed by atoms with van der Waals surface area (Å²) in [6.07, 6.45) is 0.874. The molecule has 7 heteroatoms. The van der Waals surface area contributed by atoms with E-state index in [1.165, 1.54) is 15.0 Å². The number of carbonyl (C=O) groups excluding carboxylic acids is 1. The Kier molecular flexibility index (Phi) is 3.80. The summed E-state index contributed by atoms with van der Waals surface area (Å²) in [5, 5.41) is 2.06. The third kappa shape index (κ3) is 2.60. The molecule has 0 fully saturated rings. The van der Waals surface area contributed by atoms with Crippen LogP contribution in [0.2, 0.25) is 0 Å². The van der Waals surface area contributed by atoms with Gasteiger partial charge in [0.1, 0.15) is 0 Å². The fourth-order valence-electron chi connectivity index (χ4n) is 3.33. The molecule has 0 unspecified atom stereocenters. The van der Waals surface area contributed by atoms with Crippen LogP contribution in [0.5, 0.6) is 0 Å². The second-order valence-corrected chi connectivity index (χ2v) is 7.08. The minimum atomic E-state index is -0.667. The number of carbonyl (C=O) groups is 1. The molecule has 25 heavy (non-hydrogen) atoms. The Morgan fingerprint density at radius 1 is 1.28 bits per heavy atom. The molecule has 0 radical (unpaired) electrons. The second kappa shape index (κ2) is 6.00. The summed E-state index contributed by atoms with van der Waals surface area (Å²) in [6.45, 7) is 3.52. The lowest BCUT2D eigenvalue weighted by molar-refractivity contribution is 0.0736. The van der Waals surface area contributed by atoms with Gasteiger partial charge in [0.05, 0.1) is 11.0 Å². The molecule has 1 N–H and O–H groups in total. The molecule has 3 heterocycles. The average molecular weight is 355 g/mol. The average Bonchev–Trinajstić information content (AvgIpc) is 3.09. The molecule has 2 aromatic heterocycles. The van der Waals surface area contributed by atoms with Crippen LogP contribution in [0.1, 0.15) is 27.7 Å². The van der Waals surface area contributed by atoms with Crippen LogP contribution >= 0.6 is 11.3 Å². The lowest BCUT2D eigenvalue weighted by Crippen LogP contribution is -2.37. The molecule has 0 spiro atoms. The molecule has 1 amide bonds. The normalized spacial score (nSPS) is 13.9. The van der Waals surface area contributed by atoms with Gasteiger partial charge in [0, 0.05) is 30.1 Å². The van der Waals surface area contributed by atoms with Gasteiger partial charge in [-0.2, -0.15) is 0 Å². The summed E-state index contributed by atoms with van der Waals surface area (Å²) in [7, 11) is 0. The van der Waals surface area contributed by atoms with Crippen molar-refractivity contribution in [2.24, 2.45) is 0 Å². The fraction of sp³-hybridized carbons (Fsp3) is 0.278. The first-order chi connectivity index (χ1) is 12.1. The summed E-state index contributed by atoms with van der Waals surface area (Å²) >= 11 is 1.73. The van der Waals surface area contributed by atoms with Crippen molar-refractivity contribution in [1.29, 1.82) is 0 Å². The molecule has 128 valence electrons. The van der Waals surface area contributed by atoms with E-state index in [4.69, 9.17) is 0 Å². The summed E-state index contributed by atoms with van der Waals surface area (Å²) < 4.78 is 1.42. The van der Waals surface area contributed by atoms with E-state index in [-0.39, 0.29) is 5.91 Å². The Morgan fingerprint density at radius 3 is 2.92 bits per heavy atom. The van der Waals surface area contributed by atoms with Gasteiger partial charge in [0.25, 0.3) is 5.91 Å². The smallest absolute Gasteiger partial charge is 0.316 e. The molecule has 0 bridgehead atoms. The van der Waals surface area contributed by atoms with Crippen LogP contribution in [0, 0.1) is 0 Å². The summed E-state index contributed by atoms with van der Waals surface area (Å²) in [5.41, 5.74) is 1.62. The van der Waals surface area contributed by atoms with Crippen LogP contribution in [0.15, 0.2) is 39.2 Å². The van der Waals surface area contributed by atoms with E-state index in [2.05, 4.69) is 16.4 Å². The lowest BCUT2D eigenvalue weighted by atomic mass is 10.1. The van der Waals surface area contributed by atoms with Crippen molar-refractivity contribution < 1.29 is 4.79 Å². The zero-order chi connectivity index (χ0) is 17.6. The summed E-state index contributed by atoms with van der Waals surface area (Å²) in [6, 6.07) is 7.17. The van der Waals surface area contributed by atoms with Gasteiger partial charge in [-0.1, -0.05) is 0 Å². The molecule has 6 nitrogen and oxygen atoms in total. The van der Waals surface area contributed by atoms with Crippen LogP contribution in [-0.4, -0.2) is 26.9 Å². The molecule has 1 aliphatic heterocycles. The third-order valence-corrected chi connectivity index (χ3v) is 5.66. The van der Waals surface area contributed by atoms with E-state index in [1.54, 1.807) is 29.5 Å². The van der Waals surface area contributed by atoms with Crippen molar-refractivity contribution in [3.8, 4) is 0 Å². The minimum Gasteiger partial charge on any atom is -0.334 e. The molecule has 1 aromatic carbocycles. The van der Waals surface area contributed by atoms with Crippen molar-refractivity contribution in [3.63, 3.8) is 0 Å². The van der Waals surface area contributed by atoms with Crippen molar-refractivity contribution in [3.05, 3.63) is 66.4 Å². The maximum Gasteiger partial charge on any atom is 0.316 e. The highest BCUT2D eigenvalue weighted by molar-refractivity contribution is 7.10. The fourth-order valence-corrected chi connectivity index (χ4v) is 4.22. The number of nitrogens with zero attached hydrogens (tertiary/aromatic N) is 2. The Balaban J connectivity index is 1.73. The Labute approximate surface area is 147 Å². The van der Waals surface area contributed by atoms with Crippen molar-refractivity contribution in [2.45, 2.75) is 26.4 Å². The summed E-state index contributed by atoms with van der Waals surface area (Å²) in [4.78, 5) is 42.3. The number of hydrogen-bond donors (Lipinski definition) is 1. The van der Waals surface area contributed by atoms with E-state index in [9.17, 15) is 14.4 Å². The number of aryl methyl sites for hydroxylation is 1. The van der Waals surface area contributed by atoms with E-state index < -0.39 is 11.1 Å². The molecule has 0 aliphatic carbocycles. The van der Waals surface area contributed by atoms with Crippen molar-refractivity contribution >= 4 is 28.3 Å². The molecule has 3 aromatic rings. The Hall–Kier alpha value is -2.67. The van der Waals surface area contributed by atoms with E-state index >= 15 is 0 Å². The number of aromatic amines is 1. The number of nitrogens with one attached hydrogen (secondary N) is 1. The van der Waals surface area contributed by atoms with Gasteiger partial charge < -0.3 is 14.5 Å². The van der Waals surface area contributed by atoms with Gasteiger partial charge in [-0.25, -0.2) is 0 Å². The maximum absolute atomic E-state index is 12.9. The first-order valence-electron chi connectivity index (χ1n) is 8.20. The molecular weight excluding hydrogens is 338 g/mol. The quantitative estimate of drug-likeness (QED) is 0.714. The first kappa shape index (κ1) is 15.8. The minimum absolute atomic E-state index is 0.0613. The van der Waals surface area contributed by atoms with Crippen molar-refractivity contribution in [2.75, 3.05) is 6.54 Å².